The van der Waals surface area contributed by atoms with Gasteiger partial charge >= 0.3 is 12.0 Å². The SMILES string of the molecule is O=C(COC(=O)c1ccc2ccccc2n1)NC(=O)NC1CCCC1. The number of esters is 1. The van der Waals surface area contributed by atoms with Gasteiger partial charge < -0.3 is 10.1 Å². The van der Waals surface area contributed by atoms with Crippen LogP contribution in [0.4, 0.5) is 4.79 Å². The molecule has 7 heteroatoms. The van der Waals surface area contributed by atoms with Gasteiger partial charge in [-0.05, 0) is 25.0 Å². The van der Waals surface area contributed by atoms with Gasteiger partial charge in [-0.1, -0.05) is 37.1 Å². The molecule has 0 spiro atoms. The number of carbonyl (C=O) groups excluding carboxylic acids is 3. The van der Waals surface area contributed by atoms with Crippen LogP contribution in [-0.2, 0) is 9.53 Å². The summed E-state index contributed by atoms with van der Waals surface area (Å²) in [7, 11) is 0. The predicted octanol–water partition coefficient (Wildman–Crippen LogP) is 2.16. The zero-order chi connectivity index (χ0) is 17.6. The molecule has 3 amide bonds. The summed E-state index contributed by atoms with van der Waals surface area (Å²) in [6.07, 6.45) is 4.00. The van der Waals surface area contributed by atoms with Gasteiger partial charge in [-0.3, -0.25) is 10.1 Å². The molecule has 0 atom stereocenters. The number of para-hydroxylation sites is 1. The Morgan fingerprint density at radius 3 is 2.64 bits per heavy atom. The summed E-state index contributed by atoms with van der Waals surface area (Å²) >= 11 is 0. The third kappa shape index (κ3) is 4.53. The lowest BCUT2D eigenvalue weighted by Crippen LogP contribution is -2.45. The number of pyridine rings is 1. The van der Waals surface area contributed by atoms with Crippen molar-refractivity contribution < 1.29 is 19.1 Å². The minimum atomic E-state index is -0.711. The molecule has 3 rings (SSSR count). The second kappa shape index (κ2) is 7.74. The van der Waals surface area contributed by atoms with Crippen molar-refractivity contribution >= 4 is 28.8 Å². The zero-order valence-corrected chi connectivity index (χ0v) is 13.7. The van der Waals surface area contributed by atoms with Gasteiger partial charge in [0.05, 0.1) is 5.52 Å². The largest absolute Gasteiger partial charge is 0.451 e. The number of carbonyl (C=O) groups is 3. The van der Waals surface area contributed by atoms with Crippen molar-refractivity contribution in [3.05, 3.63) is 42.1 Å². The van der Waals surface area contributed by atoms with E-state index in [2.05, 4.69) is 15.6 Å². The van der Waals surface area contributed by atoms with Crippen molar-refractivity contribution in [1.82, 2.24) is 15.6 Å². The minimum absolute atomic E-state index is 0.108. The van der Waals surface area contributed by atoms with E-state index in [0.717, 1.165) is 31.1 Å². The summed E-state index contributed by atoms with van der Waals surface area (Å²) < 4.78 is 4.92. The highest BCUT2D eigenvalue weighted by atomic mass is 16.5. The molecule has 1 heterocycles. The number of imide groups is 1. The summed E-state index contributed by atoms with van der Waals surface area (Å²) in [4.78, 5) is 39.6. The molecule has 0 aliphatic heterocycles. The second-order valence-corrected chi connectivity index (χ2v) is 5.97. The maximum absolute atomic E-state index is 12.0. The Morgan fingerprint density at radius 1 is 1.08 bits per heavy atom. The maximum atomic E-state index is 12.0. The molecule has 2 N–H and O–H groups in total. The number of amides is 3. The second-order valence-electron chi connectivity index (χ2n) is 5.97. The molecule has 1 aliphatic rings. The Morgan fingerprint density at radius 2 is 1.84 bits per heavy atom. The predicted molar refractivity (Wildman–Crippen MR) is 91.0 cm³/mol. The summed E-state index contributed by atoms with van der Waals surface area (Å²) in [5.74, 6) is -1.39. The number of nitrogens with zero attached hydrogens (tertiary/aromatic N) is 1. The van der Waals surface area contributed by atoms with Crippen molar-refractivity contribution in [1.29, 1.82) is 0 Å². The molecule has 1 aromatic carbocycles. The van der Waals surface area contributed by atoms with Gasteiger partial charge in [-0.2, -0.15) is 0 Å². The number of ether oxygens (including phenoxy) is 1. The molecule has 1 aromatic heterocycles. The molecule has 25 heavy (non-hydrogen) atoms. The first-order valence-corrected chi connectivity index (χ1v) is 8.25. The molecule has 0 radical (unpaired) electrons. The Kier molecular flexibility index (Phi) is 5.23. The van der Waals surface area contributed by atoms with Crippen molar-refractivity contribution in [3.8, 4) is 0 Å². The topological polar surface area (TPSA) is 97.4 Å². The van der Waals surface area contributed by atoms with E-state index in [1.807, 2.05) is 18.2 Å². The molecule has 7 nitrogen and oxygen atoms in total. The van der Waals surface area contributed by atoms with Gasteiger partial charge in [-0.25, -0.2) is 14.6 Å². The molecule has 0 saturated heterocycles. The first-order chi connectivity index (χ1) is 12.1. The average Bonchev–Trinajstić information content (AvgIpc) is 3.12. The van der Waals surface area contributed by atoms with Crippen LogP contribution < -0.4 is 10.6 Å². The Bertz CT molecular complexity index is 800. The number of fused-ring (bicyclic) bond motifs is 1. The molecule has 2 aromatic rings. The van der Waals surface area contributed by atoms with Crippen molar-refractivity contribution in [3.63, 3.8) is 0 Å². The first-order valence-electron chi connectivity index (χ1n) is 8.25. The van der Waals surface area contributed by atoms with Crippen LogP contribution in [0.3, 0.4) is 0 Å². The lowest BCUT2D eigenvalue weighted by molar-refractivity contribution is -0.123. The van der Waals surface area contributed by atoms with Crippen LogP contribution in [0.15, 0.2) is 36.4 Å². The standard InChI is InChI=1S/C18H19N3O4/c22-16(21-18(24)19-13-6-2-3-7-13)11-25-17(23)15-10-9-12-5-1-4-8-14(12)20-15/h1,4-5,8-10,13H,2-3,6-7,11H2,(H2,19,21,22,24). The quantitative estimate of drug-likeness (QED) is 0.831. The van der Waals surface area contributed by atoms with Crippen LogP contribution in [0, 0.1) is 0 Å². The lowest BCUT2D eigenvalue weighted by atomic mass is 10.2. The molecular weight excluding hydrogens is 322 g/mol. The maximum Gasteiger partial charge on any atom is 0.357 e. The molecule has 0 bridgehead atoms. The average molecular weight is 341 g/mol. The number of hydrogen-bond donors (Lipinski definition) is 2. The fraction of sp³-hybridized carbons (Fsp3) is 0.333. The first kappa shape index (κ1) is 16.9. The van der Waals surface area contributed by atoms with Gasteiger partial charge in [0, 0.05) is 11.4 Å². The van der Waals surface area contributed by atoms with Gasteiger partial charge in [0.15, 0.2) is 6.61 Å². The molecule has 0 unspecified atom stereocenters. The van der Waals surface area contributed by atoms with Gasteiger partial charge in [-0.15, -0.1) is 0 Å². The van der Waals surface area contributed by atoms with Crippen LogP contribution in [0.1, 0.15) is 36.2 Å². The van der Waals surface area contributed by atoms with Crippen molar-refractivity contribution in [2.75, 3.05) is 6.61 Å². The summed E-state index contributed by atoms with van der Waals surface area (Å²) in [6, 6.07) is 10.2. The molecule has 1 saturated carbocycles. The highest BCUT2D eigenvalue weighted by molar-refractivity contribution is 5.97. The molecule has 130 valence electrons. The summed E-state index contributed by atoms with van der Waals surface area (Å²) in [5, 5.41) is 5.79. The fourth-order valence-electron chi connectivity index (χ4n) is 2.84. The van der Waals surface area contributed by atoms with Crippen LogP contribution >= 0.6 is 0 Å². The number of benzene rings is 1. The van der Waals surface area contributed by atoms with E-state index < -0.39 is 24.5 Å². The van der Waals surface area contributed by atoms with Gasteiger partial charge in [0.2, 0.25) is 0 Å². The summed E-state index contributed by atoms with van der Waals surface area (Å²) in [6.45, 7) is -0.536. The molecule has 1 aliphatic carbocycles. The number of nitrogens with one attached hydrogen (secondary N) is 2. The van der Waals surface area contributed by atoms with Crippen molar-refractivity contribution in [2.24, 2.45) is 0 Å². The Hall–Kier alpha value is -2.96. The number of rotatable bonds is 4. The lowest BCUT2D eigenvalue weighted by Gasteiger charge is -2.12. The summed E-state index contributed by atoms with van der Waals surface area (Å²) in [5.41, 5.74) is 0.777. The van der Waals surface area contributed by atoms with Crippen LogP contribution in [0.25, 0.3) is 10.9 Å². The number of aromatic nitrogens is 1. The van der Waals surface area contributed by atoms with E-state index in [1.165, 1.54) is 6.07 Å². The van der Waals surface area contributed by atoms with Gasteiger partial charge in [0.25, 0.3) is 5.91 Å². The highest BCUT2D eigenvalue weighted by Gasteiger charge is 2.19. The molecule has 1 fully saturated rings. The smallest absolute Gasteiger partial charge is 0.357 e. The van der Waals surface area contributed by atoms with E-state index >= 15 is 0 Å². The van der Waals surface area contributed by atoms with Crippen LogP contribution in [-0.4, -0.2) is 35.5 Å². The Balaban J connectivity index is 1.48. The van der Waals surface area contributed by atoms with E-state index in [9.17, 15) is 14.4 Å². The minimum Gasteiger partial charge on any atom is -0.451 e. The fourth-order valence-corrected chi connectivity index (χ4v) is 2.84. The third-order valence-corrected chi connectivity index (χ3v) is 4.09. The van der Waals surface area contributed by atoms with Crippen LogP contribution in [0.2, 0.25) is 0 Å². The monoisotopic (exact) mass is 341 g/mol. The number of hydrogen-bond acceptors (Lipinski definition) is 5. The van der Waals surface area contributed by atoms with E-state index in [-0.39, 0.29) is 11.7 Å². The zero-order valence-electron chi connectivity index (χ0n) is 13.7. The molecular formula is C18H19N3O4. The Labute approximate surface area is 144 Å². The third-order valence-electron chi connectivity index (χ3n) is 4.09. The highest BCUT2D eigenvalue weighted by Crippen LogP contribution is 2.17. The van der Waals surface area contributed by atoms with E-state index in [1.54, 1.807) is 12.1 Å². The van der Waals surface area contributed by atoms with Crippen LogP contribution in [0.5, 0.6) is 0 Å². The number of urea groups is 1. The van der Waals surface area contributed by atoms with Gasteiger partial charge in [0.1, 0.15) is 5.69 Å². The van der Waals surface area contributed by atoms with E-state index in [4.69, 9.17) is 4.74 Å². The van der Waals surface area contributed by atoms with Crippen molar-refractivity contribution in [2.45, 2.75) is 31.7 Å². The normalized spacial score (nSPS) is 14.2. The van der Waals surface area contributed by atoms with E-state index in [0.29, 0.717) is 5.52 Å².